The first-order valence-electron chi connectivity index (χ1n) is 14.6. The molecule has 4 N–H and O–H groups in total. The number of hydrogen-bond acceptors (Lipinski definition) is 9. The predicted molar refractivity (Wildman–Crippen MR) is 163 cm³/mol. The van der Waals surface area contributed by atoms with Crippen molar-refractivity contribution in [1.82, 2.24) is 24.7 Å². The minimum absolute atomic E-state index is 0.0288. The molecule has 3 saturated heterocycles. The lowest BCUT2D eigenvalue weighted by molar-refractivity contribution is -0.125. The Labute approximate surface area is 242 Å². The van der Waals surface area contributed by atoms with Crippen LogP contribution in [0.15, 0.2) is 30.9 Å². The van der Waals surface area contributed by atoms with Gasteiger partial charge in [0.25, 0.3) is 5.91 Å². The van der Waals surface area contributed by atoms with Crippen molar-refractivity contribution in [2.45, 2.75) is 45.2 Å². The first-order chi connectivity index (χ1) is 19.7. The number of nitrogens with two attached hydrogens (primary N) is 1. The number of likely N-dealkylation sites (N-methyl/N-ethyl adjacent to an activating group) is 1. The highest BCUT2D eigenvalue weighted by molar-refractivity contribution is 5.96. The Morgan fingerprint density at radius 1 is 1.00 bits per heavy atom. The lowest BCUT2D eigenvalue weighted by Gasteiger charge is -2.43. The van der Waals surface area contributed by atoms with E-state index in [-0.39, 0.29) is 17.6 Å². The quantitative estimate of drug-likeness (QED) is 0.417. The Bertz CT molecular complexity index is 1280. The number of benzene rings is 1. The van der Waals surface area contributed by atoms with E-state index in [4.69, 9.17) is 10.7 Å². The molecule has 0 unspecified atom stereocenters. The highest BCUT2D eigenvalue weighted by Gasteiger charge is 2.28. The van der Waals surface area contributed by atoms with Crippen LogP contribution in [0.25, 0.3) is 0 Å². The first-order valence-corrected chi connectivity index (χ1v) is 14.6. The largest absolute Gasteiger partial charge is 0.371 e. The summed E-state index contributed by atoms with van der Waals surface area (Å²) in [6.07, 6.45) is 4.48. The molecule has 1 atom stereocenters. The molecule has 3 fully saturated rings. The lowest BCUT2D eigenvalue weighted by atomic mass is 10.0. The zero-order valence-electron chi connectivity index (χ0n) is 24.5. The summed E-state index contributed by atoms with van der Waals surface area (Å²) in [7, 11) is 2.20. The van der Waals surface area contributed by atoms with Gasteiger partial charge < -0.3 is 31.1 Å². The van der Waals surface area contributed by atoms with Gasteiger partial charge in [-0.05, 0) is 70.0 Å². The summed E-state index contributed by atoms with van der Waals surface area (Å²) in [6.45, 7) is 15.4. The van der Waals surface area contributed by atoms with Gasteiger partial charge in [0.2, 0.25) is 5.91 Å². The van der Waals surface area contributed by atoms with Crippen LogP contribution in [0, 0.1) is 13.8 Å². The number of nitrogens with zero attached hydrogens (tertiary/aromatic N) is 6. The first kappa shape index (κ1) is 28.8. The summed E-state index contributed by atoms with van der Waals surface area (Å²) in [6, 6.07) is 6.94. The van der Waals surface area contributed by atoms with Crippen LogP contribution >= 0.6 is 0 Å². The van der Waals surface area contributed by atoms with Crippen molar-refractivity contribution in [1.29, 1.82) is 0 Å². The van der Waals surface area contributed by atoms with E-state index >= 15 is 0 Å². The van der Waals surface area contributed by atoms with Crippen molar-refractivity contribution in [3.63, 3.8) is 0 Å². The molecule has 2 amide bonds. The van der Waals surface area contributed by atoms with Gasteiger partial charge in [0.1, 0.15) is 5.82 Å². The van der Waals surface area contributed by atoms with Gasteiger partial charge >= 0.3 is 0 Å². The molecule has 3 aliphatic rings. The number of hydrogen-bond donors (Lipinski definition) is 3. The van der Waals surface area contributed by atoms with E-state index in [0.29, 0.717) is 36.5 Å². The van der Waals surface area contributed by atoms with Gasteiger partial charge in [-0.15, -0.1) is 0 Å². The molecule has 11 heteroatoms. The number of piperazine rings is 1. The summed E-state index contributed by atoms with van der Waals surface area (Å²) >= 11 is 0. The second-order valence-corrected chi connectivity index (χ2v) is 11.5. The summed E-state index contributed by atoms with van der Waals surface area (Å²) in [5.41, 5.74) is 9.55. The molecule has 41 heavy (non-hydrogen) atoms. The number of nitrogens with one attached hydrogen (secondary N) is 2. The molecule has 0 aliphatic carbocycles. The monoisotopic (exact) mass is 561 g/mol. The Balaban J connectivity index is 1.26. The van der Waals surface area contributed by atoms with E-state index in [0.717, 1.165) is 43.9 Å². The third-order valence-corrected chi connectivity index (χ3v) is 8.64. The van der Waals surface area contributed by atoms with Crippen molar-refractivity contribution in [3.05, 3.63) is 47.8 Å². The number of carbonyl (C=O) groups excluding carboxylic acids is 2. The third kappa shape index (κ3) is 6.62. The van der Waals surface area contributed by atoms with Gasteiger partial charge in [0.05, 0.1) is 5.69 Å². The summed E-state index contributed by atoms with van der Waals surface area (Å²) in [5.74, 6) is 0.145. The fourth-order valence-electron chi connectivity index (χ4n) is 6.20. The minimum atomic E-state index is -0.644. The number of anilines is 4. The van der Waals surface area contributed by atoms with E-state index in [2.05, 4.69) is 63.0 Å². The Kier molecular flexibility index (Phi) is 8.74. The van der Waals surface area contributed by atoms with Gasteiger partial charge in [0, 0.05) is 75.8 Å². The number of likely N-dealkylation sites (tertiary alicyclic amines) is 1. The molecule has 1 aromatic carbocycles. The molecule has 5 rings (SSSR count). The third-order valence-electron chi connectivity index (χ3n) is 8.64. The topological polar surface area (TPSA) is 123 Å². The van der Waals surface area contributed by atoms with Crippen LogP contribution in [-0.2, 0) is 4.79 Å². The number of primary amides is 1. The van der Waals surface area contributed by atoms with Crippen molar-refractivity contribution >= 4 is 34.8 Å². The van der Waals surface area contributed by atoms with Gasteiger partial charge in [-0.3, -0.25) is 14.5 Å². The van der Waals surface area contributed by atoms with Crippen molar-refractivity contribution in [2.24, 2.45) is 5.73 Å². The summed E-state index contributed by atoms with van der Waals surface area (Å²) in [4.78, 5) is 42.7. The van der Waals surface area contributed by atoms with Crippen LogP contribution in [0.4, 0.5) is 23.0 Å². The maximum atomic E-state index is 12.2. The molecular weight excluding hydrogens is 518 g/mol. The average Bonchev–Trinajstić information content (AvgIpc) is 3.43. The second-order valence-electron chi connectivity index (χ2n) is 11.5. The van der Waals surface area contributed by atoms with Gasteiger partial charge in [-0.2, -0.15) is 0 Å². The van der Waals surface area contributed by atoms with Crippen LogP contribution < -0.4 is 21.3 Å². The highest BCUT2D eigenvalue weighted by atomic mass is 16.2. The van der Waals surface area contributed by atoms with E-state index in [1.54, 1.807) is 11.8 Å². The number of rotatable bonds is 8. The molecule has 4 heterocycles. The Morgan fingerprint density at radius 3 is 2.39 bits per heavy atom. The maximum Gasteiger partial charge on any atom is 0.271 e. The van der Waals surface area contributed by atoms with Gasteiger partial charge in [-0.1, -0.05) is 6.58 Å². The summed E-state index contributed by atoms with van der Waals surface area (Å²) in [5, 5.41) is 6.68. The van der Waals surface area contributed by atoms with Crippen LogP contribution in [0.2, 0.25) is 0 Å². The molecule has 0 bridgehead atoms. The lowest BCUT2D eigenvalue weighted by Crippen LogP contribution is -2.52. The van der Waals surface area contributed by atoms with Gasteiger partial charge in [0.15, 0.2) is 11.5 Å². The number of aryl methyl sites for hydroxylation is 2. The zero-order valence-corrected chi connectivity index (χ0v) is 24.5. The number of amides is 2. The minimum Gasteiger partial charge on any atom is -0.371 e. The van der Waals surface area contributed by atoms with Crippen LogP contribution in [-0.4, -0.2) is 108 Å². The molecule has 0 radical (unpaired) electrons. The average molecular weight is 562 g/mol. The number of aromatic nitrogens is 2. The zero-order chi connectivity index (χ0) is 29.1. The molecule has 1 aromatic heterocycles. The molecule has 0 spiro atoms. The number of carbonyl (C=O) groups is 2. The molecule has 2 aromatic rings. The predicted octanol–water partition coefficient (Wildman–Crippen LogP) is 2.35. The van der Waals surface area contributed by atoms with Crippen LogP contribution in [0.5, 0.6) is 0 Å². The maximum absolute atomic E-state index is 12.2. The van der Waals surface area contributed by atoms with Gasteiger partial charge in [-0.25, -0.2) is 9.97 Å². The van der Waals surface area contributed by atoms with Crippen molar-refractivity contribution in [3.8, 4) is 0 Å². The smallest absolute Gasteiger partial charge is 0.271 e. The fraction of sp³-hybridized carbons (Fsp3) is 0.533. The van der Waals surface area contributed by atoms with E-state index in [9.17, 15) is 9.59 Å². The summed E-state index contributed by atoms with van der Waals surface area (Å²) < 4.78 is 0. The van der Waals surface area contributed by atoms with Crippen LogP contribution in [0.3, 0.4) is 0 Å². The molecule has 3 aliphatic heterocycles. The highest BCUT2D eigenvalue weighted by Crippen LogP contribution is 2.30. The van der Waals surface area contributed by atoms with Crippen LogP contribution in [0.1, 0.15) is 41.0 Å². The second kappa shape index (κ2) is 12.4. The molecular formula is C30H43N9O2. The molecule has 0 saturated carbocycles. The normalized spacial score (nSPS) is 20.7. The van der Waals surface area contributed by atoms with E-state index < -0.39 is 5.91 Å². The SMILES string of the molecule is C=CC(=O)N1CC[C@@H](Nc2nc(Nc3ccc(N4CCC(N5CCN(C)CC5)CC4)c(C)c3)c(C(N)=O)nc2C)C1. The fourth-order valence-corrected chi connectivity index (χ4v) is 6.20. The van der Waals surface area contributed by atoms with Crippen molar-refractivity contribution < 1.29 is 9.59 Å². The van der Waals surface area contributed by atoms with E-state index in [1.807, 2.05) is 6.07 Å². The number of piperidine rings is 1. The molecule has 220 valence electrons. The standard InChI is InChI=1S/C30H43N9O2/c1-5-26(40)39-11-8-23(19-39)34-29-21(3)32-27(28(31)41)30(35-29)33-22-6-7-25(20(2)18-22)38-12-9-24(10-13-38)37-16-14-36(4)15-17-37/h5-7,18,23-24H,1,8-17,19H2,2-4H3,(H2,31,41)(H2,33,34,35)/t23-/m1/s1. The van der Waals surface area contributed by atoms with Crippen molar-refractivity contribution in [2.75, 3.05) is 74.9 Å². The molecule has 11 nitrogen and oxygen atoms in total. The van der Waals surface area contributed by atoms with E-state index in [1.165, 1.54) is 37.7 Å². The Hall–Kier alpha value is -3.70. The Morgan fingerprint density at radius 2 is 1.73 bits per heavy atom.